The molecule has 0 aliphatic rings. The third-order valence-corrected chi connectivity index (χ3v) is 2.40. The number of hydrogen-bond acceptors (Lipinski definition) is 2. The maximum Gasteiger partial charge on any atom is 0.281 e. The largest absolute Gasteiger partial charge is 0.281 e. The Labute approximate surface area is 76.4 Å². The van der Waals surface area contributed by atoms with Crippen LogP contribution in [0, 0.1) is 6.92 Å². The zero-order valence-electron chi connectivity index (χ0n) is 6.34. The van der Waals surface area contributed by atoms with Crippen molar-refractivity contribution in [1.82, 2.24) is 14.6 Å². The van der Waals surface area contributed by atoms with Crippen LogP contribution in [0.3, 0.4) is 0 Å². The average Bonchev–Trinajstić information content (AvgIpc) is 2.32. The van der Waals surface area contributed by atoms with Crippen LogP contribution >= 0.6 is 15.9 Å². The first-order valence-corrected chi connectivity index (χ1v) is 4.21. The van der Waals surface area contributed by atoms with Crippen LogP contribution in [0.5, 0.6) is 0 Å². The molecular formula is C7H6BrN3O. The summed E-state index contributed by atoms with van der Waals surface area (Å²) in [5.41, 5.74) is 1.42. The van der Waals surface area contributed by atoms with E-state index < -0.39 is 0 Å². The average molecular weight is 228 g/mol. The highest BCUT2D eigenvalue weighted by atomic mass is 79.9. The Hall–Kier alpha value is -1.10. The highest BCUT2D eigenvalue weighted by molar-refractivity contribution is 9.10. The predicted octanol–water partition coefficient (Wildman–Crippen LogP) is 1.09. The third kappa shape index (κ3) is 0.896. The van der Waals surface area contributed by atoms with Crippen LogP contribution in [-0.4, -0.2) is 14.6 Å². The van der Waals surface area contributed by atoms with Gasteiger partial charge < -0.3 is 0 Å². The molecule has 0 amide bonds. The molecule has 0 spiro atoms. The van der Waals surface area contributed by atoms with Crippen LogP contribution in [0.1, 0.15) is 5.69 Å². The van der Waals surface area contributed by atoms with Crippen LogP contribution < -0.4 is 5.56 Å². The van der Waals surface area contributed by atoms with E-state index in [0.29, 0.717) is 10.1 Å². The van der Waals surface area contributed by atoms with Crippen LogP contribution in [0.2, 0.25) is 0 Å². The predicted molar refractivity (Wildman–Crippen MR) is 48.2 cm³/mol. The molecule has 2 aromatic heterocycles. The second-order valence-electron chi connectivity index (χ2n) is 2.50. The number of nitrogens with zero attached hydrogens (tertiary/aromatic N) is 2. The minimum absolute atomic E-state index is 0.156. The van der Waals surface area contributed by atoms with Crippen LogP contribution in [0.25, 0.3) is 5.65 Å². The molecule has 2 rings (SSSR count). The molecule has 2 heterocycles. The Bertz CT molecular complexity index is 485. The SMILES string of the molecule is Cc1ccnc2c(Br)c(=O)[nH]n12. The number of fused-ring (bicyclic) bond motifs is 1. The molecule has 62 valence electrons. The quantitative estimate of drug-likeness (QED) is 0.733. The highest BCUT2D eigenvalue weighted by Gasteiger charge is 2.06. The first kappa shape index (κ1) is 7.54. The standard InChI is InChI=1S/C7H6BrN3O/c1-4-2-3-9-6-5(8)7(12)10-11(4)6/h2-3H,1H3,(H,10,12). The molecule has 0 saturated carbocycles. The van der Waals surface area contributed by atoms with Crippen molar-refractivity contribution in [3.8, 4) is 0 Å². The van der Waals surface area contributed by atoms with Crippen molar-refractivity contribution in [2.45, 2.75) is 6.92 Å². The van der Waals surface area contributed by atoms with Gasteiger partial charge in [0.1, 0.15) is 4.47 Å². The summed E-state index contributed by atoms with van der Waals surface area (Å²) in [5.74, 6) is 0. The van der Waals surface area contributed by atoms with Gasteiger partial charge in [-0.25, -0.2) is 9.50 Å². The van der Waals surface area contributed by atoms with E-state index in [1.807, 2.05) is 13.0 Å². The number of H-pyrrole nitrogens is 1. The maximum absolute atomic E-state index is 11.1. The van der Waals surface area contributed by atoms with E-state index in [4.69, 9.17) is 0 Å². The molecule has 0 unspecified atom stereocenters. The Kier molecular flexibility index (Phi) is 1.54. The lowest BCUT2D eigenvalue weighted by atomic mass is 10.4. The summed E-state index contributed by atoms with van der Waals surface area (Å²) >= 11 is 3.16. The van der Waals surface area contributed by atoms with Crippen molar-refractivity contribution >= 4 is 21.6 Å². The molecule has 12 heavy (non-hydrogen) atoms. The monoisotopic (exact) mass is 227 g/mol. The lowest BCUT2D eigenvalue weighted by Gasteiger charge is -1.96. The third-order valence-electron chi connectivity index (χ3n) is 1.69. The topological polar surface area (TPSA) is 50.2 Å². The van der Waals surface area contributed by atoms with Gasteiger partial charge in [0.05, 0.1) is 0 Å². The van der Waals surface area contributed by atoms with Gasteiger partial charge in [-0.15, -0.1) is 0 Å². The van der Waals surface area contributed by atoms with Gasteiger partial charge in [0, 0.05) is 11.9 Å². The lowest BCUT2D eigenvalue weighted by Crippen LogP contribution is -2.01. The molecule has 0 aliphatic heterocycles. The minimum Gasteiger partial charge on any atom is -0.267 e. The second kappa shape index (κ2) is 2.45. The van der Waals surface area contributed by atoms with E-state index in [-0.39, 0.29) is 5.56 Å². The summed E-state index contributed by atoms with van der Waals surface area (Å²) in [6.45, 7) is 1.90. The normalized spacial score (nSPS) is 10.8. The molecule has 5 heteroatoms. The van der Waals surface area contributed by atoms with Gasteiger partial charge in [-0.3, -0.25) is 9.89 Å². The van der Waals surface area contributed by atoms with Gasteiger partial charge in [-0.1, -0.05) is 0 Å². The van der Waals surface area contributed by atoms with Crippen molar-refractivity contribution in [2.75, 3.05) is 0 Å². The fourth-order valence-electron chi connectivity index (χ4n) is 1.06. The van der Waals surface area contributed by atoms with E-state index in [0.717, 1.165) is 5.69 Å². The van der Waals surface area contributed by atoms with Gasteiger partial charge in [0.15, 0.2) is 5.65 Å². The Balaban J connectivity index is 3.05. The minimum atomic E-state index is -0.156. The van der Waals surface area contributed by atoms with Crippen LogP contribution in [0.4, 0.5) is 0 Å². The molecule has 0 bridgehead atoms. The van der Waals surface area contributed by atoms with Gasteiger partial charge in [0.25, 0.3) is 5.56 Å². The number of aromatic nitrogens is 3. The number of hydrogen-bond donors (Lipinski definition) is 1. The van der Waals surface area contributed by atoms with E-state index >= 15 is 0 Å². The van der Waals surface area contributed by atoms with Gasteiger partial charge >= 0.3 is 0 Å². The number of aryl methyl sites for hydroxylation is 1. The Morgan fingerprint density at radius 1 is 1.67 bits per heavy atom. The summed E-state index contributed by atoms with van der Waals surface area (Å²) in [6.07, 6.45) is 1.67. The van der Waals surface area contributed by atoms with Gasteiger partial charge in [-0.05, 0) is 28.9 Å². The first-order chi connectivity index (χ1) is 5.70. The van der Waals surface area contributed by atoms with Crippen molar-refractivity contribution in [2.24, 2.45) is 0 Å². The molecule has 0 saturated heterocycles. The molecule has 0 radical (unpaired) electrons. The molecular weight excluding hydrogens is 222 g/mol. The smallest absolute Gasteiger partial charge is 0.267 e. The van der Waals surface area contributed by atoms with E-state index in [1.165, 1.54) is 0 Å². The fourth-order valence-corrected chi connectivity index (χ4v) is 1.43. The number of aromatic amines is 1. The van der Waals surface area contributed by atoms with E-state index in [9.17, 15) is 4.79 Å². The van der Waals surface area contributed by atoms with Gasteiger partial charge in [-0.2, -0.15) is 0 Å². The van der Waals surface area contributed by atoms with Crippen molar-refractivity contribution in [3.63, 3.8) is 0 Å². The zero-order chi connectivity index (χ0) is 8.72. The highest BCUT2D eigenvalue weighted by Crippen LogP contribution is 2.10. The Morgan fingerprint density at radius 2 is 2.42 bits per heavy atom. The summed E-state index contributed by atoms with van der Waals surface area (Å²) < 4.78 is 2.12. The summed E-state index contributed by atoms with van der Waals surface area (Å²) in [6, 6.07) is 1.83. The molecule has 4 nitrogen and oxygen atoms in total. The van der Waals surface area contributed by atoms with Crippen LogP contribution in [-0.2, 0) is 0 Å². The maximum atomic E-state index is 11.1. The second-order valence-corrected chi connectivity index (χ2v) is 3.29. The van der Waals surface area contributed by atoms with Crippen molar-refractivity contribution in [3.05, 3.63) is 32.8 Å². The first-order valence-electron chi connectivity index (χ1n) is 3.42. The Morgan fingerprint density at radius 3 is 3.08 bits per heavy atom. The molecule has 2 aromatic rings. The van der Waals surface area contributed by atoms with Crippen LogP contribution in [0.15, 0.2) is 21.5 Å². The fraction of sp³-hybridized carbons (Fsp3) is 0.143. The number of nitrogens with one attached hydrogen (secondary N) is 1. The summed E-state index contributed by atoms with van der Waals surface area (Å²) in [7, 11) is 0. The van der Waals surface area contributed by atoms with Crippen molar-refractivity contribution in [1.29, 1.82) is 0 Å². The molecule has 0 aliphatic carbocycles. The van der Waals surface area contributed by atoms with Crippen molar-refractivity contribution < 1.29 is 0 Å². The van der Waals surface area contributed by atoms with E-state index in [2.05, 4.69) is 26.0 Å². The number of rotatable bonds is 0. The molecule has 1 N–H and O–H groups in total. The lowest BCUT2D eigenvalue weighted by molar-refractivity contribution is 0.879. The summed E-state index contributed by atoms with van der Waals surface area (Å²) in [4.78, 5) is 15.2. The van der Waals surface area contributed by atoms with Gasteiger partial charge in [0.2, 0.25) is 0 Å². The summed E-state index contributed by atoms with van der Waals surface area (Å²) in [5, 5.41) is 2.65. The van der Waals surface area contributed by atoms with E-state index in [1.54, 1.807) is 10.7 Å². The molecule has 0 atom stereocenters. The molecule has 0 fully saturated rings. The molecule has 0 aromatic carbocycles. The number of halogens is 1. The zero-order valence-corrected chi connectivity index (χ0v) is 7.92.